The Morgan fingerprint density at radius 3 is 1.01 bits per heavy atom. The van der Waals surface area contributed by atoms with Crippen LogP contribution in [0, 0.1) is 0 Å². The maximum Gasteiger partial charge on any atom is 0.252 e. The SMILES string of the molecule is CC(C)(C)c1cccc(-c2cc3c4c(c2)N(c2c(-c5ccccc5)cc(C(C)(C)C)cc2-c2ccccc2)c2cc(-n5c6ccc(C(C)(C)C)cc6c6cc(C(C)(C)C)ccc65)ccc2B4c2ccc(-n4c5ccccc5c5cc(-n6c7ccccc7c7ccccc76)ccc54)cc2N3c2cc(-c3ccccc3)cc(-c3ccccc3)c2)c1. The third-order valence-electron chi connectivity index (χ3n) is 25.4. The van der Waals surface area contributed by atoms with Gasteiger partial charge in [-0.3, -0.25) is 0 Å². The van der Waals surface area contributed by atoms with Gasteiger partial charge >= 0.3 is 0 Å². The Balaban J connectivity index is 0.911. The number of hydrogen-bond acceptors (Lipinski definition) is 2. The van der Waals surface area contributed by atoms with E-state index < -0.39 is 0 Å². The predicted octanol–water partition coefficient (Wildman–Crippen LogP) is 28.6. The minimum atomic E-state index is -0.283. The molecule has 2 aliphatic heterocycles. The van der Waals surface area contributed by atoms with Crippen LogP contribution in [0.1, 0.15) is 105 Å². The molecule has 0 atom stereocenters. The lowest BCUT2D eigenvalue weighted by atomic mass is 9.33. The molecule has 6 heteroatoms. The maximum absolute atomic E-state index is 2.74. The average Bonchev–Trinajstić information content (AvgIpc) is 0.784. The molecule has 0 spiro atoms. The minimum Gasteiger partial charge on any atom is -0.311 e. The van der Waals surface area contributed by atoms with Crippen molar-refractivity contribution in [1.82, 2.24) is 13.7 Å². The Labute approximate surface area is 693 Å². The second-order valence-corrected chi connectivity index (χ2v) is 37.0. The molecule has 5 nitrogen and oxygen atoms in total. The van der Waals surface area contributed by atoms with Crippen LogP contribution in [0.2, 0.25) is 0 Å². The second kappa shape index (κ2) is 27.1. The first-order valence-corrected chi connectivity index (χ1v) is 41.9. The number of benzene rings is 16. The molecule has 118 heavy (non-hydrogen) atoms. The molecule has 570 valence electrons. The van der Waals surface area contributed by atoms with Gasteiger partial charge in [0.25, 0.3) is 6.71 Å². The fourth-order valence-electron chi connectivity index (χ4n) is 19.2. The fourth-order valence-corrected chi connectivity index (χ4v) is 19.2. The number of fused-ring (bicyclic) bond motifs is 13. The molecule has 2 aliphatic rings. The summed E-state index contributed by atoms with van der Waals surface area (Å²) in [6, 6.07) is 135. The normalized spacial score (nSPS) is 13.0. The highest BCUT2D eigenvalue weighted by Gasteiger charge is 2.46. The number of para-hydroxylation sites is 3. The Bertz CT molecular complexity index is 7030. The van der Waals surface area contributed by atoms with Crippen LogP contribution in [0.25, 0.3) is 138 Å². The van der Waals surface area contributed by atoms with Crippen molar-refractivity contribution in [2.45, 2.75) is 105 Å². The van der Waals surface area contributed by atoms with Gasteiger partial charge in [-0.25, -0.2) is 0 Å². The van der Waals surface area contributed by atoms with Crippen LogP contribution in [-0.4, -0.2) is 20.4 Å². The molecule has 0 N–H and O–H groups in total. The van der Waals surface area contributed by atoms with E-state index in [0.717, 1.165) is 118 Å². The standard InChI is InChI=1S/C112H94BN5/c1-109(2,3)79-41-31-40-75(59-79)78-62-105-107-106(63-78)118(108-90(73-36-21-15-22-37-73)66-82(112(10,11)12)67-91(108)74-38-23-16-24-39-74)104-70-85(116-100-55-48-80(110(4,5)6)64-92(100)93-65-81(111(7,8)9)49-56-101(93)116)51-54-96(104)113(107)95-53-50-84(69-103(95)117(105)86-60-76(71-32-17-13-18-33-71)58-77(61-86)72-34-19-14-20-35-72)115-99-47-30-27-44-89(99)94-68-83(52-57-102(94)115)114-97-45-28-25-42-87(97)88-43-26-29-46-98(88)114/h13-70H,1-12H3. The second-order valence-electron chi connectivity index (χ2n) is 37.0. The van der Waals surface area contributed by atoms with Gasteiger partial charge in [-0.15, -0.1) is 0 Å². The van der Waals surface area contributed by atoms with Crippen molar-refractivity contribution in [3.8, 4) is 72.7 Å². The third-order valence-corrected chi connectivity index (χ3v) is 25.4. The van der Waals surface area contributed by atoms with E-state index >= 15 is 0 Å². The molecule has 3 aromatic heterocycles. The summed E-state index contributed by atoms with van der Waals surface area (Å²) in [4.78, 5) is 5.41. The molecule has 0 bridgehead atoms. The van der Waals surface area contributed by atoms with E-state index in [2.05, 4.69) is 458 Å². The molecule has 19 aromatic rings. The zero-order valence-electron chi connectivity index (χ0n) is 69.3. The van der Waals surface area contributed by atoms with Gasteiger partial charge in [-0.1, -0.05) is 308 Å². The molecule has 0 aliphatic carbocycles. The van der Waals surface area contributed by atoms with Crippen LogP contribution in [0.5, 0.6) is 0 Å². The van der Waals surface area contributed by atoms with Gasteiger partial charge in [0.15, 0.2) is 0 Å². The van der Waals surface area contributed by atoms with Crippen LogP contribution in [0.15, 0.2) is 352 Å². The van der Waals surface area contributed by atoms with Crippen molar-refractivity contribution in [2.24, 2.45) is 0 Å². The summed E-state index contributed by atoms with van der Waals surface area (Å²) < 4.78 is 7.55. The monoisotopic (exact) mass is 1520 g/mol. The average molecular weight is 1520 g/mol. The van der Waals surface area contributed by atoms with Crippen LogP contribution in [0.3, 0.4) is 0 Å². The highest BCUT2D eigenvalue weighted by molar-refractivity contribution is 7.00. The van der Waals surface area contributed by atoms with E-state index in [4.69, 9.17) is 0 Å². The first kappa shape index (κ1) is 72.3. The number of aromatic nitrogens is 3. The van der Waals surface area contributed by atoms with Crippen LogP contribution >= 0.6 is 0 Å². The van der Waals surface area contributed by atoms with Crippen molar-refractivity contribution in [3.05, 3.63) is 374 Å². The van der Waals surface area contributed by atoms with E-state index in [0.29, 0.717) is 0 Å². The van der Waals surface area contributed by atoms with E-state index in [1.807, 2.05) is 0 Å². The molecular weight excluding hydrogens is 1430 g/mol. The van der Waals surface area contributed by atoms with Crippen LogP contribution in [-0.2, 0) is 21.7 Å². The van der Waals surface area contributed by atoms with Crippen molar-refractivity contribution >= 4 is 123 Å². The van der Waals surface area contributed by atoms with Gasteiger partial charge in [0.2, 0.25) is 0 Å². The molecule has 0 fully saturated rings. The topological polar surface area (TPSA) is 21.3 Å². The van der Waals surface area contributed by atoms with Crippen LogP contribution < -0.4 is 26.2 Å². The fraction of sp³-hybridized carbons (Fsp3) is 0.143. The number of nitrogens with zero attached hydrogens (tertiary/aromatic N) is 5. The Morgan fingerprint density at radius 2 is 0.551 bits per heavy atom. The largest absolute Gasteiger partial charge is 0.311 e. The lowest BCUT2D eigenvalue weighted by Crippen LogP contribution is -2.61. The minimum absolute atomic E-state index is 0.0740. The molecule has 16 aromatic carbocycles. The summed E-state index contributed by atoms with van der Waals surface area (Å²) >= 11 is 0. The smallest absolute Gasteiger partial charge is 0.252 e. The molecule has 0 radical (unpaired) electrons. The van der Waals surface area contributed by atoms with Gasteiger partial charge in [0.1, 0.15) is 0 Å². The maximum atomic E-state index is 2.74. The van der Waals surface area contributed by atoms with Gasteiger partial charge in [0.05, 0.1) is 38.8 Å². The highest BCUT2D eigenvalue weighted by Crippen LogP contribution is 2.55. The van der Waals surface area contributed by atoms with Crippen molar-refractivity contribution in [3.63, 3.8) is 0 Å². The molecule has 5 heterocycles. The van der Waals surface area contributed by atoms with Crippen molar-refractivity contribution < 1.29 is 0 Å². The third kappa shape index (κ3) is 11.9. The molecular formula is C112H94BN5. The van der Waals surface area contributed by atoms with Gasteiger partial charge < -0.3 is 23.5 Å². The summed E-state index contributed by atoms with van der Waals surface area (Å²) in [5.41, 5.74) is 36.7. The van der Waals surface area contributed by atoms with E-state index in [1.165, 1.54) is 93.0 Å². The number of anilines is 6. The van der Waals surface area contributed by atoms with Crippen LogP contribution in [0.4, 0.5) is 34.1 Å². The summed E-state index contributed by atoms with van der Waals surface area (Å²) in [5, 5.41) is 7.38. The van der Waals surface area contributed by atoms with Crippen molar-refractivity contribution in [2.75, 3.05) is 9.80 Å². The lowest BCUT2D eigenvalue weighted by molar-refractivity contribution is 0.590. The Hall–Kier alpha value is -13.4. The van der Waals surface area contributed by atoms with E-state index in [1.54, 1.807) is 0 Å². The van der Waals surface area contributed by atoms with E-state index in [9.17, 15) is 0 Å². The van der Waals surface area contributed by atoms with Gasteiger partial charge in [-0.2, -0.15) is 0 Å². The molecule has 0 saturated heterocycles. The zero-order valence-corrected chi connectivity index (χ0v) is 69.3. The Kier molecular flexibility index (Phi) is 16.6. The Morgan fingerprint density at radius 1 is 0.203 bits per heavy atom. The lowest BCUT2D eigenvalue weighted by Gasteiger charge is -2.45. The first-order chi connectivity index (χ1) is 57.1. The highest BCUT2D eigenvalue weighted by atomic mass is 15.2. The summed E-state index contributed by atoms with van der Waals surface area (Å²) in [6.45, 7) is 27.9. The van der Waals surface area contributed by atoms with Gasteiger partial charge in [-0.05, 0) is 232 Å². The zero-order chi connectivity index (χ0) is 80.4. The molecule has 0 unspecified atom stereocenters. The first-order valence-electron chi connectivity index (χ1n) is 41.9. The number of hydrogen-bond donors (Lipinski definition) is 0. The molecule has 0 amide bonds. The molecule has 21 rings (SSSR count). The summed E-state index contributed by atoms with van der Waals surface area (Å²) in [6.07, 6.45) is 0. The van der Waals surface area contributed by atoms with E-state index in [-0.39, 0.29) is 28.4 Å². The van der Waals surface area contributed by atoms with Gasteiger partial charge in [0, 0.05) is 88.9 Å². The summed E-state index contributed by atoms with van der Waals surface area (Å²) in [7, 11) is 0. The van der Waals surface area contributed by atoms with Crippen molar-refractivity contribution in [1.29, 1.82) is 0 Å². The predicted molar refractivity (Wildman–Crippen MR) is 505 cm³/mol. The summed E-state index contributed by atoms with van der Waals surface area (Å²) in [5.74, 6) is 0. The number of rotatable bonds is 10. The molecule has 0 saturated carbocycles. The quantitative estimate of drug-likeness (QED) is 0.127.